The number of likely N-dealkylation sites (tertiary alicyclic amines) is 1. The molecule has 5 nitrogen and oxygen atoms in total. The Labute approximate surface area is 259 Å². The Balaban J connectivity index is 1.12. The van der Waals surface area contributed by atoms with Crippen LogP contribution in [-0.2, 0) is 19.6 Å². The maximum Gasteiger partial charge on any atom is 0.251 e. The molecule has 222 valence electrons. The summed E-state index contributed by atoms with van der Waals surface area (Å²) in [5.74, 6) is 3.32. The molecule has 1 amide bonds. The summed E-state index contributed by atoms with van der Waals surface area (Å²) in [6, 6.07) is 33.1. The smallest absolute Gasteiger partial charge is 0.251 e. The molecule has 0 aromatic heterocycles. The van der Waals surface area contributed by atoms with Crippen molar-refractivity contribution in [3.63, 3.8) is 0 Å². The Bertz CT molecular complexity index is 1520. The van der Waals surface area contributed by atoms with Gasteiger partial charge in [0.15, 0.2) is 0 Å². The zero-order valence-corrected chi connectivity index (χ0v) is 25.7. The van der Waals surface area contributed by atoms with E-state index >= 15 is 0 Å². The van der Waals surface area contributed by atoms with Crippen molar-refractivity contribution in [3.05, 3.63) is 130 Å². The van der Waals surface area contributed by atoms with Crippen molar-refractivity contribution >= 4 is 17.7 Å². The topological polar surface area (TPSA) is 50.8 Å². The minimum absolute atomic E-state index is 0.103. The van der Waals surface area contributed by atoms with Gasteiger partial charge in [0.2, 0.25) is 0 Å². The largest absolute Gasteiger partial charge is 0.496 e. The number of thioether (sulfide) groups is 1. The van der Waals surface area contributed by atoms with E-state index in [0.29, 0.717) is 18.7 Å². The molecule has 1 fully saturated rings. The molecule has 2 aliphatic rings. The molecule has 1 N–H and O–H groups in total. The van der Waals surface area contributed by atoms with Gasteiger partial charge in [0.1, 0.15) is 18.1 Å². The van der Waals surface area contributed by atoms with Gasteiger partial charge in [-0.25, -0.2) is 0 Å². The number of carbonyl (C=O) groups is 1. The number of methoxy groups -OCH3 is 1. The van der Waals surface area contributed by atoms with Crippen LogP contribution >= 0.6 is 11.8 Å². The standard InChI is InChI=1S/C37H40N2O3S/c1-41-34-14-8-6-11-30(34)25-38-37(40)29-15-16-35-33(24-29)36(32-13-7-5-12-31(32)26-42-35)43-22-21-39-19-17-28(18-20-39)23-27-9-3-2-4-10-27/h2-16,24,28,36H,17-23,25-26H2,1H3,(H,38,40). The van der Waals surface area contributed by atoms with Crippen molar-refractivity contribution in [1.29, 1.82) is 0 Å². The van der Waals surface area contributed by atoms with E-state index in [-0.39, 0.29) is 11.2 Å². The van der Waals surface area contributed by atoms with Gasteiger partial charge in [0, 0.05) is 35.5 Å². The average Bonchev–Trinajstić information content (AvgIpc) is 3.21. The molecular formula is C37H40N2O3S. The first-order valence-electron chi connectivity index (χ1n) is 15.3. The number of para-hydroxylation sites is 1. The van der Waals surface area contributed by atoms with Crippen LogP contribution in [-0.4, -0.2) is 43.3 Å². The second kappa shape index (κ2) is 14.2. The normalized spacial score (nSPS) is 16.8. The number of nitrogens with zero attached hydrogens (tertiary/aromatic N) is 1. The van der Waals surface area contributed by atoms with Gasteiger partial charge in [0.25, 0.3) is 5.91 Å². The summed E-state index contributed by atoms with van der Waals surface area (Å²) in [7, 11) is 1.65. The van der Waals surface area contributed by atoms with E-state index in [1.165, 1.54) is 36.0 Å². The second-order valence-electron chi connectivity index (χ2n) is 11.5. The van der Waals surface area contributed by atoms with Crippen LogP contribution in [0.2, 0.25) is 0 Å². The van der Waals surface area contributed by atoms with Crippen molar-refractivity contribution in [3.8, 4) is 11.5 Å². The van der Waals surface area contributed by atoms with E-state index in [1.807, 2.05) is 54.2 Å². The minimum Gasteiger partial charge on any atom is -0.496 e. The molecule has 43 heavy (non-hydrogen) atoms. The Morgan fingerprint density at radius 2 is 1.70 bits per heavy atom. The molecule has 6 rings (SSSR count). The molecule has 2 aliphatic heterocycles. The van der Waals surface area contributed by atoms with E-state index < -0.39 is 0 Å². The summed E-state index contributed by atoms with van der Waals surface area (Å²) in [5.41, 5.74) is 6.60. The molecule has 2 heterocycles. The maximum absolute atomic E-state index is 13.3. The summed E-state index contributed by atoms with van der Waals surface area (Å²) >= 11 is 1.96. The summed E-state index contributed by atoms with van der Waals surface area (Å²) in [4.78, 5) is 15.9. The number of hydrogen-bond donors (Lipinski definition) is 1. The van der Waals surface area contributed by atoms with Gasteiger partial charge in [-0.2, -0.15) is 0 Å². The molecule has 4 aromatic rings. The van der Waals surface area contributed by atoms with Gasteiger partial charge in [-0.05, 0) is 79.2 Å². The third kappa shape index (κ3) is 7.26. The highest BCUT2D eigenvalue weighted by molar-refractivity contribution is 7.99. The molecule has 0 radical (unpaired) electrons. The van der Waals surface area contributed by atoms with Crippen LogP contribution in [0.15, 0.2) is 97.1 Å². The van der Waals surface area contributed by atoms with Crippen LogP contribution in [0.5, 0.6) is 11.5 Å². The molecule has 6 heteroatoms. The number of ether oxygens (including phenoxy) is 2. The number of fused-ring (bicyclic) bond motifs is 2. The predicted molar refractivity (Wildman–Crippen MR) is 175 cm³/mol. The fourth-order valence-electron chi connectivity index (χ4n) is 6.24. The van der Waals surface area contributed by atoms with E-state index in [0.717, 1.165) is 53.9 Å². The highest BCUT2D eigenvalue weighted by atomic mass is 32.2. The Morgan fingerprint density at radius 3 is 2.53 bits per heavy atom. The van der Waals surface area contributed by atoms with Crippen LogP contribution in [0.1, 0.15) is 56.3 Å². The lowest BCUT2D eigenvalue weighted by Gasteiger charge is -2.32. The highest BCUT2D eigenvalue weighted by Crippen LogP contribution is 2.44. The minimum atomic E-state index is -0.103. The van der Waals surface area contributed by atoms with Crippen molar-refractivity contribution in [2.75, 3.05) is 32.5 Å². The second-order valence-corrected chi connectivity index (χ2v) is 12.7. The monoisotopic (exact) mass is 592 g/mol. The van der Waals surface area contributed by atoms with Gasteiger partial charge in [-0.15, -0.1) is 11.8 Å². The Kier molecular flexibility index (Phi) is 9.66. The summed E-state index contributed by atoms with van der Waals surface area (Å²) < 4.78 is 11.7. The quantitative estimate of drug-likeness (QED) is 0.210. The summed E-state index contributed by atoms with van der Waals surface area (Å²) in [6.45, 7) is 4.33. The van der Waals surface area contributed by atoms with Crippen LogP contribution in [0, 0.1) is 5.92 Å². The van der Waals surface area contributed by atoms with Gasteiger partial charge in [-0.1, -0.05) is 72.8 Å². The third-order valence-electron chi connectivity index (χ3n) is 8.67. The molecular weight excluding hydrogens is 552 g/mol. The maximum atomic E-state index is 13.3. The third-order valence-corrected chi connectivity index (χ3v) is 9.93. The summed E-state index contributed by atoms with van der Waals surface area (Å²) in [6.07, 6.45) is 3.71. The lowest BCUT2D eigenvalue weighted by Crippen LogP contribution is -2.35. The van der Waals surface area contributed by atoms with Crippen LogP contribution in [0.3, 0.4) is 0 Å². The van der Waals surface area contributed by atoms with E-state index in [1.54, 1.807) is 7.11 Å². The van der Waals surface area contributed by atoms with E-state index in [4.69, 9.17) is 9.47 Å². The number of rotatable bonds is 10. The lowest BCUT2D eigenvalue weighted by atomic mass is 9.90. The molecule has 0 saturated carbocycles. The zero-order valence-electron chi connectivity index (χ0n) is 24.8. The van der Waals surface area contributed by atoms with Crippen molar-refractivity contribution in [2.45, 2.75) is 37.7 Å². The van der Waals surface area contributed by atoms with Crippen LogP contribution in [0.25, 0.3) is 0 Å². The number of piperidine rings is 1. The van der Waals surface area contributed by atoms with Gasteiger partial charge in [-0.3, -0.25) is 4.79 Å². The Morgan fingerprint density at radius 1 is 0.930 bits per heavy atom. The highest BCUT2D eigenvalue weighted by Gasteiger charge is 2.27. The van der Waals surface area contributed by atoms with E-state index in [2.05, 4.69) is 64.8 Å². The molecule has 1 saturated heterocycles. The SMILES string of the molecule is COc1ccccc1CNC(=O)c1ccc2c(c1)C(SCCN1CCC(Cc3ccccc3)CC1)c1ccccc1CO2. The fourth-order valence-corrected chi connectivity index (χ4v) is 7.61. The number of amides is 1. The Hall–Kier alpha value is -3.74. The number of hydrogen-bond acceptors (Lipinski definition) is 5. The van der Waals surface area contributed by atoms with Crippen molar-refractivity contribution in [2.24, 2.45) is 5.92 Å². The molecule has 0 bridgehead atoms. The fraction of sp³-hybridized carbons (Fsp3) is 0.324. The molecule has 4 aromatic carbocycles. The van der Waals surface area contributed by atoms with Crippen LogP contribution in [0.4, 0.5) is 0 Å². The first-order valence-corrected chi connectivity index (χ1v) is 16.4. The molecule has 1 unspecified atom stereocenters. The number of nitrogens with one attached hydrogen (secondary N) is 1. The molecule has 1 atom stereocenters. The molecule has 0 aliphatic carbocycles. The summed E-state index contributed by atoms with van der Waals surface area (Å²) in [5, 5.41) is 3.18. The zero-order chi connectivity index (χ0) is 29.4. The first-order chi connectivity index (χ1) is 21.2. The number of carbonyl (C=O) groups excluding carboxylic acids is 1. The number of benzene rings is 4. The average molecular weight is 593 g/mol. The van der Waals surface area contributed by atoms with Crippen molar-refractivity contribution in [1.82, 2.24) is 10.2 Å². The van der Waals surface area contributed by atoms with Crippen LogP contribution < -0.4 is 14.8 Å². The molecule has 0 spiro atoms. The lowest BCUT2D eigenvalue weighted by molar-refractivity contribution is 0.0950. The van der Waals surface area contributed by atoms with Gasteiger partial charge >= 0.3 is 0 Å². The van der Waals surface area contributed by atoms with Gasteiger partial charge in [0.05, 0.1) is 12.4 Å². The van der Waals surface area contributed by atoms with E-state index in [9.17, 15) is 4.79 Å². The first kappa shape index (κ1) is 29.3. The van der Waals surface area contributed by atoms with Gasteiger partial charge < -0.3 is 19.7 Å². The predicted octanol–water partition coefficient (Wildman–Crippen LogP) is 7.29. The van der Waals surface area contributed by atoms with Crippen molar-refractivity contribution < 1.29 is 14.3 Å².